The lowest BCUT2D eigenvalue weighted by Crippen LogP contribution is -1.97. The fourth-order valence-electron chi connectivity index (χ4n) is 1.53. The Morgan fingerprint density at radius 3 is 2.59 bits per heavy atom. The first-order valence-corrected chi connectivity index (χ1v) is 7.01. The van der Waals surface area contributed by atoms with Gasteiger partial charge in [-0.05, 0) is 81.3 Å². The number of anilines is 3. The Hall–Kier alpha value is -0.750. The highest BCUT2D eigenvalue weighted by Crippen LogP contribution is 2.30. The van der Waals surface area contributed by atoms with E-state index in [1.165, 1.54) is 5.56 Å². The van der Waals surface area contributed by atoms with Crippen LogP contribution in [0.25, 0.3) is 0 Å². The molecule has 0 atom stereocenters. The molecule has 0 aliphatic rings. The largest absolute Gasteiger partial charge is 0.397 e. The molecule has 0 aliphatic carbocycles. The second-order valence-electron chi connectivity index (χ2n) is 3.84. The minimum atomic E-state index is 0.755. The van der Waals surface area contributed by atoms with E-state index in [-0.39, 0.29) is 0 Å². The predicted octanol–water partition coefficient (Wildman–Crippen LogP) is 4.69. The summed E-state index contributed by atoms with van der Waals surface area (Å²) in [7, 11) is 0. The molecule has 0 bridgehead atoms. The zero-order chi connectivity index (χ0) is 12.4. The summed E-state index contributed by atoms with van der Waals surface area (Å²) in [4.78, 5) is 0. The molecule has 0 unspecified atom stereocenters. The quantitative estimate of drug-likeness (QED) is 0.565. The third-order valence-corrected chi connectivity index (χ3v) is 3.77. The van der Waals surface area contributed by atoms with E-state index in [2.05, 4.69) is 62.9 Å². The maximum Gasteiger partial charge on any atom is 0.0618 e. The lowest BCUT2D eigenvalue weighted by Gasteiger charge is -2.12. The highest BCUT2D eigenvalue weighted by atomic mass is 127. The summed E-state index contributed by atoms with van der Waals surface area (Å²) in [6, 6.07) is 12.1. The fourth-order valence-corrected chi connectivity index (χ4v) is 2.39. The summed E-state index contributed by atoms with van der Waals surface area (Å²) in [6.45, 7) is 2.06. The van der Waals surface area contributed by atoms with Crippen LogP contribution in [0.2, 0.25) is 0 Å². The summed E-state index contributed by atoms with van der Waals surface area (Å²) in [6.07, 6.45) is 0. The molecule has 88 valence electrons. The average molecular weight is 403 g/mol. The number of hydrogen-bond donors (Lipinski definition) is 2. The summed E-state index contributed by atoms with van der Waals surface area (Å²) < 4.78 is 2.16. The predicted molar refractivity (Wildman–Crippen MR) is 85.7 cm³/mol. The van der Waals surface area contributed by atoms with Gasteiger partial charge in [-0.2, -0.15) is 0 Å². The second kappa shape index (κ2) is 5.27. The molecule has 3 N–H and O–H groups in total. The van der Waals surface area contributed by atoms with Crippen molar-refractivity contribution in [3.63, 3.8) is 0 Å². The van der Waals surface area contributed by atoms with Gasteiger partial charge < -0.3 is 11.1 Å². The monoisotopic (exact) mass is 402 g/mol. The molecular formula is C13H12BrIN2. The summed E-state index contributed by atoms with van der Waals surface area (Å²) in [5.41, 5.74) is 9.89. The number of benzene rings is 2. The number of hydrogen-bond acceptors (Lipinski definition) is 2. The molecule has 0 amide bonds. The van der Waals surface area contributed by atoms with Gasteiger partial charge in [-0.3, -0.25) is 0 Å². The second-order valence-corrected chi connectivity index (χ2v) is 5.94. The van der Waals surface area contributed by atoms with Crippen molar-refractivity contribution in [1.82, 2.24) is 0 Å². The summed E-state index contributed by atoms with van der Waals surface area (Å²) in [5.74, 6) is 0. The van der Waals surface area contributed by atoms with Gasteiger partial charge in [-0.1, -0.05) is 6.07 Å². The third-order valence-electron chi connectivity index (χ3n) is 2.40. The van der Waals surface area contributed by atoms with Gasteiger partial charge in [0.05, 0.1) is 17.1 Å². The summed E-state index contributed by atoms with van der Waals surface area (Å²) in [5, 5.41) is 3.33. The van der Waals surface area contributed by atoms with Gasteiger partial charge in [-0.15, -0.1) is 0 Å². The van der Waals surface area contributed by atoms with Gasteiger partial charge in [0.15, 0.2) is 0 Å². The van der Waals surface area contributed by atoms with Crippen molar-refractivity contribution in [2.45, 2.75) is 6.92 Å². The molecule has 0 spiro atoms. The van der Waals surface area contributed by atoms with Crippen molar-refractivity contribution in [1.29, 1.82) is 0 Å². The van der Waals surface area contributed by atoms with Crippen LogP contribution in [0.4, 0.5) is 17.1 Å². The minimum Gasteiger partial charge on any atom is -0.397 e. The highest BCUT2D eigenvalue weighted by Gasteiger charge is 2.03. The fraction of sp³-hybridized carbons (Fsp3) is 0.0769. The van der Waals surface area contributed by atoms with Gasteiger partial charge in [-0.25, -0.2) is 0 Å². The van der Waals surface area contributed by atoms with Crippen LogP contribution in [-0.4, -0.2) is 0 Å². The zero-order valence-electron chi connectivity index (χ0n) is 9.30. The number of halogens is 2. The van der Waals surface area contributed by atoms with Crippen molar-refractivity contribution < 1.29 is 0 Å². The van der Waals surface area contributed by atoms with Crippen LogP contribution in [0.5, 0.6) is 0 Å². The SMILES string of the molecule is Cc1ccc(Br)c(Nc2ccc(I)cc2N)c1. The lowest BCUT2D eigenvalue weighted by atomic mass is 10.2. The minimum absolute atomic E-state index is 0.755. The van der Waals surface area contributed by atoms with E-state index in [1.807, 2.05) is 24.3 Å². The number of rotatable bonds is 2. The first-order chi connectivity index (χ1) is 8.06. The van der Waals surface area contributed by atoms with Crippen molar-refractivity contribution in [3.8, 4) is 0 Å². The van der Waals surface area contributed by atoms with Crippen molar-refractivity contribution in [3.05, 3.63) is 50.0 Å². The number of nitrogen functional groups attached to an aromatic ring is 1. The average Bonchev–Trinajstić information content (AvgIpc) is 2.27. The Kier molecular flexibility index (Phi) is 3.93. The lowest BCUT2D eigenvalue weighted by molar-refractivity contribution is 1.43. The molecule has 0 radical (unpaired) electrons. The van der Waals surface area contributed by atoms with Crippen molar-refractivity contribution in [2.24, 2.45) is 0 Å². The van der Waals surface area contributed by atoms with Crippen LogP contribution in [0, 0.1) is 10.5 Å². The van der Waals surface area contributed by atoms with Crippen molar-refractivity contribution >= 4 is 55.6 Å². The van der Waals surface area contributed by atoms with Crippen LogP contribution >= 0.6 is 38.5 Å². The number of nitrogens with one attached hydrogen (secondary N) is 1. The maximum atomic E-state index is 5.97. The third kappa shape index (κ3) is 3.13. The summed E-state index contributed by atoms with van der Waals surface area (Å²) >= 11 is 5.77. The zero-order valence-corrected chi connectivity index (χ0v) is 13.0. The van der Waals surface area contributed by atoms with Gasteiger partial charge >= 0.3 is 0 Å². The molecular weight excluding hydrogens is 391 g/mol. The molecule has 2 nitrogen and oxygen atoms in total. The maximum absolute atomic E-state index is 5.97. The van der Waals surface area contributed by atoms with Crippen LogP contribution in [0.3, 0.4) is 0 Å². The molecule has 0 saturated heterocycles. The molecule has 2 aromatic carbocycles. The van der Waals surface area contributed by atoms with E-state index in [4.69, 9.17) is 5.73 Å². The molecule has 2 rings (SSSR count). The first kappa shape index (κ1) is 12.7. The van der Waals surface area contributed by atoms with E-state index < -0.39 is 0 Å². The van der Waals surface area contributed by atoms with E-state index in [9.17, 15) is 0 Å². The van der Waals surface area contributed by atoms with Crippen LogP contribution in [-0.2, 0) is 0 Å². The Labute approximate surface area is 123 Å². The molecule has 0 fully saturated rings. The topological polar surface area (TPSA) is 38.0 Å². The number of nitrogens with two attached hydrogens (primary N) is 1. The standard InChI is InChI=1S/C13H12BrIN2/c1-8-2-4-10(14)13(6-8)17-12-5-3-9(15)7-11(12)16/h2-7,17H,16H2,1H3. The van der Waals surface area contributed by atoms with Crippen LogP contribution in [0.1, 0.15) is 5.56 Å². The molecule has 17 heavy (non-hydrogen) atoms. The Balaban J connectivity index is 2.34. The number of aryl methyl sites for hydroxylation is 1. The Bertz CT molecular complexity index is 555. The van der Waals surface area contributed by atoms with Gasteiger partial charge in [0.2, 0.25) is 0 Å². The highest BCUT2D eigenvalue weighted by molar-refractivity contribution is 14.1. The molecule has 0 saturated carbocycles. The van der Waals surface area contributed by atoms with E-state index in [1.54, 1.807) is 0 Å². The van der Waals surface area contributed by atoms with Crippen LogP contribution < -0.4 is 11.1 Å². The Morgan fingerprint density at radius 2 is 1.88 bits per heavy atom. The molecule has 0 aliphatic heterocycles. The van der Waals surface area contributed by atoms with Gasteiger partial charge in [0.25, 0.3) is 0 Å². The molecule has 4 heteroatoms. The van der Waals surface area contributed by atoms with Gasteiger partial charge in [0.1, 0.15) is 0 Å². The first-order valence-electron chi connectivity index (χ1n) is 5.14. The molecule has 0 aromatic heterocycles. The molecule has 2 aromatic rings. The normalized spacial score (nSPS) is 10.3. The van der Waals surface area contributed by atoms with Gasteiger partial charge in [0, 0.05) is 8.04 Å². The van der Waals surface area contributed by atoms with E-state index >= 15 is 0 Å². The molecule has 0 heterocycles. The Morgan fingerprint density at radius 1 is 1.12 bits per heavy atom. The van der Waals surface area contributed by atoms with E-state index in [0.717, 1.165) is 25.1 Å². The van der Waals surface area contributed by atoms with E-state index in [0.29, 0.717) is 0 Å². The van der Waals surface area contributed by atoms with Crippen LogP contribution in [0.15, 0.2) is 40.9 Å². The smallest absolute Gasteiger partial charge is 0.0618 e. The van der Waals surface area contributed by atoms with Crippen molar-refractivity contribution in [2.75, 3.05) is 11.1 Å².